The van der Waals surface area contributed by atoms with E-state index in [1.54, 1.807) is 0 Å². The highest BCUT2D eigenvalue weighted by Gasteiger charge is 2.27. The second-order valence-electron chi connectivity index (χ2n) is 3.73. The number of hydrogen-bond acceptors (Lipinski definition) is 2. The van der Waals surface area contributed by atoms with Crippen molar-refractivity contribution in [1.82, 2.24) is 9.55 Å². The van der Waals surface area contributed by atoms with Gasteiger partial charge in [-0.05, 0) is 42.6 Å². The quantitative estimate of drug-likeness (QED) is 0.731. The van der Waals surface area contributed by atoms with Crippen molar-refractivity contribution in [2.45, 2.75) is 18.9 Å². The average Bonchev–Trinajstić information content (AvgIpc) is 2.89. The van der Waals surface area contributed by atoms with Crippen LogP contribution in [0.2, 0.25) is 5.28 Å². The maximum absolute atomic E-state index is 6.07. The summed E-state index contributed by atoms with van der Waals surface area (Å²) in [6, 6.07) is 6.29. The summed E-state index contributed by atoms with van der Waals surface area (Å²) >= 11 is 6.07. The van der Waals surface area contributed by atoms with Crippen LogP contribution in [0.5, 0.6) is 0 Å². The minimum absolute atomic E-state index is 0.552. The molecule has 0 bridgehead atoms. The molecule has 0 radical (unpaired) electrons. The zero-order valence-electron chi connectivity index (χ0n) is 7.57. The number of nitrogen functional groups attached to an aromatic ring is 1. The molecule has 4 heteroatoms. The first-order valence-corrected chi connectivity index (χ1v) is 5.06. The molecule has 0 aliphatic heterocycles. The van der Waals surface area contributed by atoms with Gasteiger partial charge >= 0.3 is 0 Å². The molecule has 14 heavy (non-hydrogen) atoms. The minimum Gasteiger partial charge on any atom is -0.399 e. The Balaban J connectivity index is 2.32. The predicted molar refractivity (Wildman–Crippen MR) is 57.4 cm³/mol. The van der Waals surface area contributed by atoms with E-state index in [0.717, 1.165) is 16.7 Å². The number of nitrogens with zero attached hydrogens (tertiary/aromatic N) is 2. The number of aromatic nitrogens is 2. The number of imidazole rings is 1. The molecule has 1 aliphatic rings. The van der Waals surface area contributed by atoms with Gasteiger partial charge in [0.1, 0.15) is 0 Å². The van der Waals surface area contributed by atoms with Crippen molar-refractivity contribution < 1.29 is 0 Å². The van der Waals surface area contributed by atoms with E-state index in [-0.39, 0.29) is 0 Å². The molecule has 2 aromatic rings. The lowest BCUT2D eigenvalue weighted by molar-refractivity contribution is 0.767. The van der Waals surface area contributed by atoms with E-state index in [2.05, 4.69) is 9.55 Å². The number of fused-ring (bicyclic) bond motifs is 1. The van der Waals surface area contributed by atoms with Gasteiger partial charge in [-0.3, -0.25) is 0 Å². The average molecular weight is 208 g/mol. The third-order valence-electron chi connectivity index (χ3n) is 2.58. The summed E-state index contributed by atoms with van der Waals surface area (Å²) in [7, 11) is 0. The molecular formula is C10H10ClN3. The number of hydrogen-bond donors (Lipinski definition) is 1. The fourth-order valence-electron chi connectivity index (χ4n) is 1.77. The lowest BCUT2D eigenvalue weighted by Gasteiger charge is -2.01. The van der Waals surface area contributed by atoms with Crippen molar-refractivity contribution in [1.29, 1.82) is 0 Å². The molecule has 2 N–H and O–H groups in total. The molecule has 0 saturated heterocycles. The second kappa shape index (κ2) is 2.64. The summed E-state index contributed by atoms with van der Waals surface area (Å²) in [6.45, 7) is 0. The topological polar surface area (TPSA) is 43.8 Å². The van der Waals surface area contributed by atoms with Gasteiger partial charge in [0.05, 0.1) is 11.0 Å². The van der Waals surface area contributed by atoms with Crippen LogP contribution in [0.25, 0.3) is 11.0 Å². The SMILES string of the molecule is Nc1ccc2c(c1)nc(Cl)n2C1CC1. The molecule has 1 aromatic carbocycles. The van der Waals surface area contributed by atoms with E-state index in [9.17, 15) is 0 Å². The summed E-state index contributed by atoms with van der Waals surface area (Å²) in [5.74, 6) is 0. The number of nitrogens with two attached hydrogens (primary N) is 1. The fraction of sp³-hybridized carbons (Fsp3) is 0.300. The minimum atomic E-state index is 0.552. The lowest BCUT2D eigenvalue weighted by Crippen LogP contribution is -1.93. The molecule has 1 aromatic heterocycles. The molecule has 0 unspecified atom stereocenters. The molecule has 1 heterocycles. The Kier molecular flexibility index (Phi) is 1.53. The van der Waals surface area contributed by atoms with Gasteiger partial charge < -0.3 is 10.3 Å². The number of benzene rings is 1. The van der Waals surface area contributed by atoms with Crippen LogP contribution in [-0.4, -0.2) is 9.55 Å². The van der Waals surface area contributed by atoms with Crippen LogP contribution in [0.1, 0.15) is 18.9 Å². The lowest BCUT2D eigenvalue weighted by atomic mass is 10.3. The van der Waals surface area contributed by atoms with Gasteiger partial charge in [0.2, 0.25) is 5.28 Å². The van der Waals surface area contributed by atoms with Crippen molar-refractivity contribution in [2.24, 2.45) is 0 Å². The van der Waals surface area contributed by atoms with Crippen LogP contribution in [0.4, 0.5) is 5.69 Å². The molecule has 1 fully saturated rings. The van der Waals surface area contributed by atoms with Gasteiger partial charge in [-0.2, -0.15) is 0 Å². The summed E-state index contributed by atoms with van der Waals surface area (Å²) < 4.78 is 2.09. The zero-order chi connectivity index (χ0) is 9.71. The Morgan fingerprint density at radius 2 is 2.21 bits per heavy atom. The van der Waals surface area contributed by atoms with E-state index in [1.807, 2.05) is 18.2 Å². The predicted octanol–water partition coefficient (Wildman–Crippen LogP) is 2.61. The third-order valence-corrected chi connectivity index (χ3v) is 2.85. The van der Waals surface area contributed by atoms with Crippen LogP contribution in [0.15, 0.2) is 18.2 Å². The van der Waals surface area contributed by atoms with Gasteiger partial charge in [-0.1, -0.05) is 0 Å². The smallest absolute Gasteiger partial charge is 0.204 e. The van der Waals surface area contributed by atoms with Gasteiger partial charge in [0.25, 0.3) is 0 Å². The van der Waals surface area contributed by atoms with Crippen LogP contribution in [0, 0.1) is 0 Å². The van der Waals surface area contributed by atoms with Gasteiger partial charge in [-0.25, -0.2) is 4.98 Å². The molecule has 0 spiro atoms. The van der Waals surface area contributed by atoms with Gasteiger partial charge in [0.15, 0.2) is 0 Å². The monoisotopic (exact) mass is 207 g/mol. The molecule has 1 aliphatic carbocycles. The van der Waals surface area contributed by atoms with Crippen molar-refractivity contribution >= 4 is 28.3 Å². The number of anilines is 1. The summed E-state index contributed by atoms with van der Waals surface area (Å²) in [6.07, 6.45) is 2.41. The number of halogens is 1. The molecule has 1 saturated carbocycles. The Morgan fingerprint density at radius 3 is 2.93 bits per heavy atom. The Hall–Kier alpha value is -1.22. The standard InChI is InChI=1S/C10H10ClN3/c11-10-13-8-5-6(12)1-4-9(8)14(10)7-2-3-7/h1,4-5,7H,2-3,12H2. The highest BCUT2D eigenvalue weighted by atomic mass is 35.5. The van der Waals surface area contributed by atoms with Crippen molar-refractivity contribution in [3.05, 3.63) is 23.5 Å². The highest BCUT2D eigenvalue weighted by Crippen LogP contribution is 2.40. The van der Waals surface area contributed by atoms with Gasteiger partial charge in [-0.15, -0.1) is 0 Å². The largest absolute Gasteiger partial charge is 0.399 e. The van der Waals surface area contributed by atoms with Crippen LogP contribution in [0.3, 0.4) is 0 Å². The number of rotatable bonds is 1. The van der Waals surface area contributed by atoms with Crippen LogP contribution >= 0.6 is 11.6 Å². The van der Waals surface area contributed by atoms with Crippen molar-refractivity contribution in [3.63, 3.8) is 0 Å². The van der Waals surface area contributed by atoms with E-state index >= 15 is 0 Å². The van der Waals surface area contributed by atoms with Crippen molar-refractivity contribution in [2.75, 3.05) is 5.73 Å². The highest BCUT2D eigenvalue weighted by molar-refractivity contribution is 6.29. The summed E-state index contributed by atoms with van der Waals surface area (Å²) in [5, 5.41) is 0.577. The first kappa shape index (κ1) is 8.12. The normalized spacial score (nSPS) is 16.4. The third kappa shape index (κ3) is 1.09. The van der Waals surface area contributed by atoms with E-state index in [0.29, 0.717) is 11.3 Å². The van der Waals surface area contributed by atoms with E-state index in [4.69, 9.17) is 17.3 Å². The molecule has 0 amide bonds. The Morgan fingerprint density at radius 1 is 1.43 bits per heavy atom. The first-order valence-electron chi connectivity index (χ1n) is 4.68. The van der Waals surface area contributed by atoms with E-state index in [1.165, 1.54) is 12.8 Å². The van der Waals surface area contributed by atoms with E-state index < -0.39 is 0 Å². The maximum atomic E-state index is 6.07. The Bertz CT molecular complexity index is 499. The summed E-state index contributed by atoms with van der Waals surface area (Å²) in [4.78, 5) is 4.28. The molecule has 72 valence electrons. The molecule has 0 atom stereocenters. The molecular weight excluding hydrogens is 198 g/mol. The van der Waals surface area contributed by atoms with Crippen LogP contribution in [-0.2, 0) is 0 Å². The van der Waals surface area contributed by atoms with Crippen molar-refractivity contribution in [3.8, 4) is 0 Å². The fourth-order valence-corrected chi connectivity index (χ4v) is 2.09. The first-order chi connectivity index (χ1) is 6.75. The summed E-state index contributed by atoms with van der Waals surface area (Å²) in [5.41, 5.74) is 8.39. The van der Waals surface area contributed by atoms with Crippen LogP contribution < -0.4 is 5.73 Å². The van der Waals surface area contributed by atoms with Gasteiger partial charge in [0, 0.05) is 11.7 Å². The maximum Gasteiger partial charge on any atom is 0.204 e. The zero-order valence-corrected chi connectivity index (χ0v) is 8.33. The molecule has 3 rings (SSSR count). The molecule has 3 nitrogen and oxygen atoms in total. The second-order valence-corrected chi connectivity index (χ2v) is 4.07. The Labute approximate surface area is 86.5 Å².